The third-order valence-corrected chi connectivity index (χ3v) is 3.14. The maximum Gasteiger partial charge on any atom is 0.375 e. The number of aryl methyl sites for hydroxylation is 1. The summed E-state index contributed by atoms with van der Waals surface area (Å²) in [5.74, 6) is -1.71. The number of furan rings is 1. The van der Waals surface area contributed by atoms with Gasteiger partial charge in [-0.3, -0.25) is 9.59 Å². The molecule has 0 aliphatic heterocycles. The molecule has 0 spiro atoms. The van der Waals surface area contributed by atoms with Crippen molar-refractivity contribution in [2.24, 2.45) is 5.73 Å². The zero-order valence-corrected chi connectivity index (χ0v) is 12.7. The quantitative estimate of drug-likeness (QED) is 0.818. The Balaban J connectivity index is 1.96. The van der Waals surface area contributed by atoms with E-state index in [-0.39, 0.29) is 5.76 Å². The fraction of sp³-hybridized carbons (Fsp3) is 0.188. The summed E-state index contributed by atoms with van der Waals surface area (Å²) in [6.45, 7) is 3.15. The molecule has 1 aromatic carbocycles. The van der Waals surface area contributed by atoms with Crippen LogP contribution >= 0.6 is 0 Å². The number of carbonyl (C=O) groups is 3. The van der Waals surface area contributed by atoms with Crippen LogP contribution in [0.25, 0.3) is 0 Å². The van der Waals surface area contributed by atoms with Gasteiger partial charge in [-0.1, -0.05) is 0 Å². The minimum atomic E-state index is -1.01. The lowest BCUT2D eigenvalue weighted by atomic mass is 10.2. The molecule has 1 heterocycles. The molecule has 0 aliphatic carbocycles. The van der Waals surface area contributed by atoms with Crippen molar-refractivity contribution in [2.45, 2.75) is 20.0 Å². The third kappa shape index (κ3) is 3.97. The Morgan fingerprint density at radius 1 is 1.17 bits per heavy atom. The van der Waals surface area contributed by atoms with Crippen molar-refractivity contribution in [1.82, 2.24) is 0 Å². The fourth-order valence-electron chi connectivity index (χ4n) is 1.81. The van der Waals surface area contributed by atoms with Crippen molar-refractivity contribution < 1.29 is 23.5 Å². The van der Waals surface area contributed by atoms with Crippen LogP contribution in [0.3, 0.4) is 0 Å². The summed E-state index contributed by atoms with van der Waals surface area (Å²) in [7, 11) is 0. The lowest BCUT2D eigenvalue weighted by Gasteiger charge is -2.13. The van der Waals surface area contributed by atoms with Gasteiger partial charge in [-0.15, -0.1) is 0 Å². The van der Waals surface area contributed by atoms with Gasteiger partial charge in [0.05, 0.1) is 6.26 Å². The van der Waals surface area contributed by atoms with E-state index in [0.29, 0.717) is 16.8 Å². The summed E-state index contributed by atoms with van der Waals surface area (Å²) in [6.07, 6.45) is 0.361. The number of ether oxygens (including phenoxy) is 1. The third-order valence-electron chi connectivity index (χ3n) is 3.14. The fourth-order valence-corrected chi connectivity index (χ4v) is 1.81. The molecule has 0 bridgehead atoms. The van der Waals surface area contributed by atoms with Crippen molar-refractivity contribution in [3.8, 4) is 0 Å². The summed E-state index contributed by atoms with van der Waals surface area (Å²) >= 11 is 0. The SMILES string of the molecule is Cc1ccoc1C(=O)O[C@@H](C)C(=O)Nc1ccc(C(N)=O)cc1. The summed E-state index contributed by atoms with van der Waals surface area (Å²) in [4.78, 5) is 34.8. The van der Waals surface area contributed by atoms with E-state index in [1.165, 1.54) is 37.5 Å². The van der Waals surface area contributed by atoms with Crippen LogP contribution in [-0.2, 0) is 9.53 Å². The van der Waals surface area contributed by atoms with E-state index < -0.39 is 23.9 Å². The minimum Gasteiger partial charge on any atom is -0.457 e. The molecule has 3 N–H and O–H groups in total. The van der Waals surface area contributed by atoms with E-state index in [9.17, 15) is 14.4 Å². The number of carbonyl (C=O) groups excluding carboxylic acids is 3. The standard InChI is InChI=1S/C16H16N2O5/c1-9-7-8-22-13(9)16(21)23-10(2)15(20)18-12-5-3-11(4-6-12)14(17)19/h3-8,10H,1-2H3,(H2,17,19)(H,18,20)/t10-/m0/s1. The van der Waals surface area contributed by atoms with E-state index in [2.05, 4.69) is 5.32 Å². The number of nitrogens with one attached hydrogen (secondary N) is 1. The molecule has 2 rings (SSSR count). The Morgan fingerprint density at radius 3 is 2.35 bits per heavy atom. The van der Waals surface area contributed by atoms with Crippen LogP contribution < -0.4 is 11.1 Å². The van der Waals surface area contributed by atoms with Gasteiger partial charge in [0.15, 0.2) is 6.10 Å². The second-order valence-corrected chi connectivity index (χ2v) is 4.91. The van der Waals surface area contributed by atoms with Gasteiger partial charge >= 0.3 is 5.97 Å². The smallest absolute Gasteiger partial charge is 0.375 e. The topological polar surface area (TPSA) is 112 Å². The number of anilines is 1. The lowest BCUT2D eigenvalue weighted by molar-refractivity contribution is -0.123. The molecular weight excluding hydrogens is 300 g/mol. The molecule has 1 atom stereocenters. The molecule has 2 amide bonds. The van der Waals surface area contributed by atoms with Crippen molar-refractivity contribution in [1.29, 1.82) is 0 Å². The average molecular weight is 316 g/mol. The highest BCUT2D eigenvalue weighted by atomic mass is 16.6. The zero-order chi connectivity index (χ0) is 17.0. The molecule has 23 heavy (non-hydrogen) atoms. The molecule has 7 heteroatoms. The second kappa shape index (κ2) is 6.78. The number of hydrogen-bond acceptors (Lipinski definition) is 5. The van der Waals surface area contributed by atoms with Crippen LogP contribution in [0.15, 0.2) is 41.0 Å². The van der Waals surface area contributed by atoms with Gasteiger partial charge in [0.1, 0.15) is 0 Å². The Kier molecular flexibility index (Phi) is 4.80. The first-order valence-corrected chi connectivity index (χ1v) is 6.84. The van der Waals surface area contributed by atoms with Gasteiger partial charge in [0, 0.05) is 16.8 Å². The average Bonchev–Trinajstić information content (AvgIpc) is 2.93. The zero-order valence-electron chi connectivity index (χ0n) is 12.7. The van der Waals surface area contributed by atoms with Crippen molar-refractivity contribution in [2.75, 3.05) is 5.32 Å². The normalized spacial score (nSPS) is 11.6. The van der Waals surface area contributed by atoms with E-state index in [4.69, 9.17) is 14.9 Å². The molecule has 1 aromatic heterocycles. The molecule has 120 valence electrons. The monoisotopic (exact) mass is 316 g/mol. The highest BCUT2D eigenvalue weighted by molar-refractivity contribution is 5.98. The summed E-state index contributed by atoms with van der Waals surface area (Å²) in [6, 6.07) is 7.66. The molecule has 0 unspecified atom stereocenters. The van der Waals surface area contributed by atoms with Crippen LogP contribution in [0.1, 0.15) is 33.4 Å². The molecular formula is C16H16N2O5. The van der Waals surface area contributed by atoms with Gasteiger partial charge in [0.2, 0.25) is 11.7 Å². The maximum atomic E-state index is 12.0. The second-order valence-electron chi connectivity index (χ2n) is 4.91. The summed E-state index contributed by atoms with van der Waals surface area (Å²) in [5, 5.41) is 2.57. The highest BCUT2D eigenvalue weighted by Crippen LogP contribution is 2.13. The van der Waals surface area contributed by atoms with Crippen LogP contribution in [-0.4, -0.2) is 23.9 Å². The predicted molar refractivity (Wildman–Crippen MR) is 81.9 cm³/mol. The van der Waals surface area contributed by atoms with Crippen molar-refractivity contribution in [3.63, 3.8) is 0 Å². The number of esters is 1. The first-order valence-electron chi connectivity index (χ1n) is 6.84. The number of primary amides is 1. The largest absolute Gasteiger partial charge is 0.457 e. The Labute approximate surface area is 132 Å². The molecule has 0 radical (unpaired) electrons. The number of nitrogens with two attached hydrogens (primary N) is 1. The van der Waals surface area contributed by atoms with Crippen LogP contribution in [0.5, 0.6) is 0 Å². The van der Waals surface area contributed by atoms with Crippen molar-refractivity contribution >= 4 is 23.5 Å². The maximum absolute atomic E-state index is 12.0. The highest BCUT2D eigenvalue weighted by Gasteiger charge is 2.22. The number of rotatable bonds is 5. The molecule has 0 fully saturated rings. The molecule has 0 saturated carbocycles. The van der Waals surface area contributed by atoms with Gasteiger partial charge in [0.25, 0.3) is 5.91 Å². The van der Waals surface area contributed by atoms with Gasteiger partial charge < -0.3 is 20.2 Å². The van der Waals surface area contributed by atoms with E-state index in [0.717, 1.165) is 0 Å². The number of benzene rings is 1. The summed E-state index contributed by atoms with van der Waals surface area (Å²) in [5.41, 5.74) is 6.55. The van der Waals surface area contributed by atoms with Crippen LogP contribution in [0.4, 0.5) is 5.69 Å². The Hall–Kier alpha value is -3.09. The number of hydrogen-bond donors (Lipinski definition) is 2. The van der Waals surface area contributed by atoms with E-state index in [1.807, 2.05) is 0 Å². The predicted octanol–water partition coefficient (Wildman–Crippen LogP) is 1.87. The van der Waals surface area contributed by atoms with E-state index in [1.54, 1.807) is 13.0 Å². The van der Waals surface area contributed by atoms with Crippen LogP contribution in [0.2, 0.25) is 0 Å². The molecule has 7 nitrogen and oxygen atoms in total. The first kappa shape index (κ1) is 16.3. The minimum absolute atomic E-state index is 0.0652. The Bertz CT molecular complexity index is 733. The summed E-state index contributed by atoms with van der Waals surface area (Å²) < 4.78 is 10.1. The lowest BCUT2D eigenvalue weighted by Crippen LogP contribution is -2.30. The van der Waals surface area contributed by atoms with Gasteiger partial charge in [-0.2, -0.15) is 0 Å². The van der Waals surface area contributed by atoms with Crippen molar-refractivity contribution in [3.05, 3.63) is 53.5 Å². The van der Waals surface area contributed by atoms with Gasteiger partial charge in [-0.25, -0.2) is 4.79 Å². The van der Waals surface area contributed by atoms with Crippen LogP contribution in [0, 0.1) is 6.92 Å². The Morgan fingerprint density at radius 2 is 1.83 bits per heavy atom. The first-order chi connectivity index (χ1) is 10.9. The molecule has 0 aliphatic rings. The molecule has 0 saturated heterocycles. The molecule has 2 aromatic rings. The van der Waals surface area contributed by atoms with E-state index >= 15 is 0 Å². The number of amides is 2. The van der Waals surface area contributed by atoms with Gasteiger partial charge in [-0.05, 0) is 44.2 Å².